The number of benzene rings is 1. The molecule has 0 radical (unpaired) electrons. The van der Waals surface area contributed by atoms with Gasteiger partial charge in [-0.05, 0) is 60.5 Å². The number of amides is 2. The zero-order chi connectivity index (χ0) is 24.8. The Morgan fingerprint density at radius 3 is 2.63 bits per heavy atom. The van der Waals surface area contributed by atoms with Crippen molar-refractivity contribution in [2.24, 2.45) is 0 Å². The number of tetrazole rings is 1. The van der Waals surface area contributed by atoms with Gasteiger partial charge in [0.15, 0.2) is 5.76 Å². The first-order chi connectivity index (χ1) is 16.9. The molecular weight excluding hydrogens is 455 g/mol. The molecule has 0 aliphatic heterocycles. The van der Waals surface area contributed by atoms with Crippen LogP contribution in [0.15, 0.2) is 63.6 Å². The van der Waals surface area contributed by atoms with Crippen LogP contribution in [0.1, 0.15) is 30.4 Å². The Morgan fingerprint density at radius 1 is 1.17 bits per heavy atom. The average Bonchev–Trinajstić information content (AvgIpc) is 3.61. The van der Waals surface area contributed by atoms with Gasteiger partial charge in [0, 0.05) is 6.54 Å². The van der Waals surface area contributed by atoms with Crippen LogP contribution in [0, 0.1) is 12.7 Å². The second-order valence-electron chi connectivity index (χ2n) is 7.92. The molecular formula is C24H25FN6O4. The minimum atomic E-state index is -0.774. The molecule has 0 saturated carbocycles. The molecule has 4 rings (SSSR count). The van der Waals surface area contributed by atoms with Gasteiger partial charge in [-0.15, -0.1) is 10.2 Å². The van der Waals surface area contributed by atoms with Gasteiger partial charge in [-0.1, -0.05) is 19.1 Å². The van der Waals surface area contributed by atoms with Gasteiger partial charge in [0.25, 0.3) is 0 Å². The second-order valence-corrected chi connectivity index (χ2v) is 7.92. The zero-order valence-electron chi connectivity index (χ0n) is 19.3. The Balaban J connectivity index is 1.48. The lowest BCUT2D eigenvalue weighted by Crippen LogP contribution is -2.49. The highest BCUT2D eigenvalue weighted by atomic mass is 19.1. The molecule has 0 spiro atoms. The van der Waals surface area contributed by atoms with E-state index in [1.807, 2.05) is 6.92 Å². The summed E-state index contributed by atoms with van der Waals surface area (Å²) in [7, 11) is 0. The Hall–Kier alpha value is -4.28. The van der Waals surface area contributed by atoms with Crippen molar-refractivity contribution in [3.8, 4) is 11.6 Å². The summed E-state index contributed by atoms with van der Waals surface area (Å²) < 4.78 is 24.1. The number of aromatic nitrogens is 4. The van der Waals surface area contributed by atoms with E-state index in [-0.39, 0.29) is 43.1 Å². The normalized spacial score (nSPS) is 11.9. The lowest BCUT2D eigenvalue weighted by molar-refractivity contribution is -0.142. The number of carbonyl (C=O) groups excluding carboxylic acids is 2. The monoisotopic (exact) mass is 480 g/mol. The number of carbonyl (C=O) groups is 2. The average molecular weight is 481 g/mol. The number of aryl methyl sites for hydroxylation is 1. The van der Waals surface area contributed by atoms with Gasteiger partial charge in [0.1, 0.15) is 29.9 Å². The van der Waals surface area contributed by atoms with Crippen LogP contribution >= 0.6 is 0 Å². The second kappa shape index (κ2) is 10.8. The standard InChI is InChI=1S/C24H25FN6O4/c1-3-20(24(33)26-13-17-7-9-18(25)10-8-17)30(14-19-5-4-12-34-19)22(32)15-31-28-23(27-29-31)21-11-6-16(2)35-21/h4-12,20H,3,13-15H2,1-2H3,(H,26,33). The van der Waals surface area contributed by atoms with Crippen LogP contribution in [-0.2, 0) is 29.2 Å². The minimum Gasteiger partial charge on any atom is -0.467 e. The van der Waals surface area contributed by atoms with E-state index in [0.717, 1.165) is 10.4 Å². The Bertz CT molecular complexity index is 1270. The molecule has 0 saturated heterocycles. The van der Waals surface area contributed by atoms with Gasteiger partial charge in [-0.2, -0.15) is 4.80 Å². The molecule has 1 atom stereocenters. The van der Waals surface area contributed by atoms with Gasteiger partial charge in [0.05, 0.1) is 12.8 Å². The number of nitrogens with zero attached hydrogens (tertiary/aromatic N) is 5. The molecule has 11 heteroatoms. The molecule has 0 bridgehead atoms. The van der Waals surface area contributed by atoms with Crippen LogP contribution < -0.4 is 5.32 Å². The Labute approximate surface area is 200 Å². The quantitative estimate of drug-likeness (QED) is 0.370. The highest BCUT2D eigenvalue weighted by Crippen LogP contribution is 2.17. The van der Waals surface area contributed by atoms with E-state index in [1.165, 1.54) is 23.3 Å². The van der Waals surface area contributed by atoms with Crippen molar-refractivity contribution in [1.82, 2.24) is 30.4 Å². The number of hydrogen-bond donors (Lipinski definition) is 1. The molecule has 4 aromatic rings. The zero-order valence-corrected chi connectivity index (χ0v) is 19.3. The van der Waals surface area contributed by atoms with Crippen LogP contribution in [0.3, 0.4) is 0 Å². The first-order valence-corrected chi connectivity index (χ1v) is 11.1. The van der Waals surface area contributed by atoms with Gasteiger partial charge in [0.2, 0.25) is 17.6 Å². The molecule has 0 aliphatic carbocycles. The summed E-state index contributed by atoms with van der Waals surface area (Å²) in [6.45, 7) is 3.68. The SMILES string of the molecule is CCC(C(=O)NCc1ccc(F)cc1)N(Cc1ccco1)C(=O)Cn1nnc(-c2ccc(C)o2)n1. The Morgan fingerprint density at radius 2 is 1.97 bits per heavy atom. The third kappa shape index (κ3) is 5.99. The molecule has 2 amide bonds. The summed E-state index contributed by atoms with van der Waals surface area (Å²) in [5, 5.41) is 15.0. The molecule has 0 aliphatic rings. The highest BCUT2D eigenvalue weighted by Gasteiger charge is 2.30. The van der Waals surface area contributed by atoms with E-state index < -0.39 is 6.04 Å². The maximum Gasteiger partial charge on any atom is 0.247 e. The molecule has 182 valence electrons. The summed E-state index contributed by atoms with van der Waals surface area (Å²) in [5.74, 6) is 0.859. The van der Waals surface area contributed by atoms with Crippen molar-refractivity contribution in [3.05, 3.63) is 77.7 Å². The van der Waals surface area contributed by atoms with Crippen LogP contribution in [0.4, 0.5) is 4.39 Å². The van der Waals surface area contributed by atoms with E-state index in [2.05, 4.69) is 20.7 Å². The number of nitrogens with one attached hydrogen (secondary N) is 1. The maximum atomic E-state index is 13.3. The number of rotatable bonds is 10. The van der Waals surface area contributed by atoms with Crippen molar-refractivity contribution >= 4 is 11.8 Å². The fraction of sp³-hybridized carbons (Fsp3) is 0.292. The maximum absolute atomic E-state index is 13.3. The van der Waals surface area contributed by atoms with Crippen LogP contribution in [0.5, 0.6) is 0 Å². The molecule has 3 aromatic heterocycles. The number of furan rings is 2. The van der Waals surface area contributed by atoms with Crippen LogP contribution in [0.25, 0.3) is 11.6 Å². The van der Waals surface area contributed by atoms with Crippen molar-refractivity contribution in [3.63, 3.8) is 0 Å². The molecule has 1 N–H and O–H groups in total. The van der Waals surface area contributed by atoms with Gasteiger partial charge >= 0.3 is 0 Å². The largest absolute Gasteiger partial charge is 0.467 e. The van der Waals surface area contributed by atoms with Crippen LogP contribution in [0.2, 0.25) is 0 Å². The van der Waals surface area contributed by atoms with Crippen molar-refractivity contribution < 1.29 is 22.8 Å². The predicted octanol–water partition coefficient (Wildman–Crippen LogP) is 3.10. The van der Waals surface area contributed by atoms with Crippen molar-refractivity contribution in [2.75, 3.05) is 0 Å². The fourth-order valence-electron chi connectivity index (χ4n) is 3.57. The van der Waals surface area contributed by atoms with Crippen molar-refractivity contribution in [2.45, 2.75) is 45.9 Å². The molecule has 1 unspecified atom stereocenters. The predicted molar refractivity (Wildman–Crippen MR) is 122 cm³/mol. The number of hydrogen-bond acceptors (Lipinski definition) is 7. The van der Waals surface area contributed by atoms with E-state index >= 15 is 0 Å². The molecule has 35 heavy (non-hydrogen) atoms. The minimum absolute atomic E-state index is 0.0905. The third-order valence-electron chi connectivity index (χ3n) is 5.36. The highest BCUT2D eigenvalue weighted by molar-refractivity contribution is 5.87. The van der Waals surface area contributed by atoms with E-state index in [0.29, 0.717) is 23.7 Å². The van der Waals surface area contributed by atoms with E-state index in [4.69, 9.17) is 8.83 Å². The first-order valence-electron chi connectivity index (χ1n) is 11.1. The topological polar surface area (TPSA) is 119 Å². The third-order valence-corrected chi connectivity index (χ3v) is 5.36. The van der Waals surface area contributed by atoms with Gasteiger partial charge in [-0.25, -0.2) is 4.39 Å². The lowest BCUT2D eigenvalue weighted by atomic mass is 10.1. The molecule has 3 heterocycles. The summed E-state index contributed by atoms with van der Waals surface area (Å²) in [5.41, 5.74) is 0.742. The Kier molecular flexibility index (Phi) is 7.34. The lowest BCUT2D eigenvalue weighted by Gasteiger charge is -2.29. The fourth-order valence-corrected chi connectivity index (χ4v) is 3.57. The summed E-state index contributed by atoms with van der Waals surface area (Å²) in [6, 6.07) is 12.0. The summed E-state index contributed by atoms with van der Waals surface area (Å²) in [4.78, 5) is 29.0. The molecule has 1 aromatic carbocycles. The van der Waals surface area contributed by atoms with Gasteiger partial charge < -0.3 is 19.1 Å². The molecule has 10 nitrogen and oxygen atoms in total. The van der Waals surface area contributed by atoms with E-state index in [1.54, 1.807) is 43.3 Å². The first kappa shape index (κ1) is 23.9. The molecule has 0 fully saturated rings. The van der Waals surface area contributed by atoms with Crippen LogP contribution in [-0.4, -0.2) is 43.0 Å². The van der Waals surface area contributed by atoms with E-state index in [9.17, 15) is 14.0 Å². The smallest absolute Gasteiger partial charge is 0.247 e. The summed E-state index contributed by atoms with van der Waals surface area (Å²) in [6.07, 6.45) is 1.87. The van der Waals surface area contributed by atoms with Crippen molar-refractivity contribution in [1.29, 1.82) is 0 Å². The number of halogens is 1. The van der Waals surface area contributed by atoms with Gasteiger partial charge in [-0.3, -0.25) is 9.59 Å². The summed E-state index contributed by atoms with van der Waals surface area (Å²) >= 11 is 0.